The molecule has 1 unspecified atom stereocenters. The monoisotopic (exact) mass is 263 g/mol. The Hall–Kier alpha value is -1.39. The minimum Gasteiger partial charge on any atom is -0.207 e. The van der Waals surface area contributed by atoms with Crippen molar-refractivity contribution in [1.82, 2.24) is 4.31 Å². The van der Waals surface area contributed by atoms with Crippen LogP contribution in [0.4, 0.5) is 0 Å². The second-order valence-electron chi connectivity index (χ2n) is 4.61. The van der Waals surface area contributed by atoms with Crippen LogP contribution in [-0.2, 0) is 10.0 Å². The number of benzene rings is 1. The molecular weight excluding hydrogens is 246 g/mol. The molecule has 1 atom stereocenters. The number of hydrogen-bond donors (Lipinski definition) is 0. The summed E-state index contributed by atoms with van der Waals surface area (Å²) in [7, 11) is -3.41. The van der Waals surface area contributed by atoms with Gasteiger partial charge in [-0.2, -0.15) is 4.31 Å². The summed E-state index contributed by atoms with van der Waals surface area (Å²) in [4.78, 5) is 0.339. The van der Waals surface area contributed by atoms with E-state index in [9.17, 15) is 8.42 Å². The zero-order valence-corrected chi connectivity index (χ0v) is 11.3. The van der Waals surface area contributed by atoms with E-state index in [-0.39, 0.29) is 5.92 Å². The molecule has 1 aromatic carbocycles. The quantitative estimate of drug-likeness (QED) is 0.785. The van der Waals surface area contributed by atoms with Crippen molar-refractivity contribution in [2.45, 2.75) is 11.8 Å². The van der Waals surface area contributed by atoms with E-state index in [0.29, 0.717) is 18.0 Å². The fourth-order valence-corrected chi connectivity index (χ4v) is 3.51. The highest BCUT2D eigenvalue weighted by Gasteiger charge is 2.33. The molecule has 1 aromatic rings. The average Bonchev–Trinajstić information content (AvgIpc) is 2.72. The second kappa shape index (κ2) is 4.71. The van der Waals surface area contributed by atoms with Gasteiger partial charge in [0.15, 0.2) is 0 Å². The average molecular weight is 263 g/mol. The Morgan fingerprint density at radius 1 is 1.33 bits per heavy atom. The summed E-state index contributed by atoms with van der Waals surface area (Å²) in [5.41, 5.74) is 1.95. The van der Waals surface area contributed by atoms with Crippen LogP contribution in [0.25, 0.3) is 0 Å². The lowest BCUT2D eigenvalue weighted by atomic mass is 10.1. The Morgan fingerprint density at radius 3 is 2.44 bits per heavy atom. The smallest absolute Gasteiger partial charge is 0.207 e. The van der Waals surface area contributed by atoms with Gasteiger partial charge in [0, 0.05) is 19.0 Å². The van der Waals surface area contributed by atoms with Crippen molar-refractivity contribution < 1.29 is 8.42 Å². The molecule has 3 nitrogen and oxygen atoms in total. The van der Waals surface area contributed by atoms with E-state index in [1.807, 2.05) is 19.1 Å². The summed E-state index contributed by atoms with van der Waals surface area (Å²) < 4.78 is 26.3. The molecule has 1 fully saturated rings. The maximum Gasteiger partial charge on any atom is 0.243 e. The number of aryl methyl sites for hydroxylation is 1. The highest BCUT2D eigenvalue weighted by atomic mass is 32.2. The number of sulfonamides is 1. The summed E-state index contributed by atoms with van der Waals surface area (Å²) in [6, 6.07) is 6.91. The number of nitrogens with zero attached hydrogens (tertiary/aromatic N) is 1. The van der Waals surface area contributed by atoms with Crippen molar-refractivity contribution in [3.8, 4) is 0 Å². The van der Waals surface area contributed by atoms with Gasteiger partial charge in [-0.25, -0.2) is 8.42 Å². The van der Waals surface area contributed by atoms with Crippen LogP contribution in [0.5, 0.6) is 0 Å². The van der Waals surface area contributed by atoms with Crippen LogP contribution in [0.1, 0.15) is 5.56 Å². The first-order valence-corrected chi connectivity index (χ1v) is 7.26. The highest BCUT2D eigenvalue weighted by Crippen LogP contribution is 2.27. The predicted molar refractivity (Wildman–Crippen MR) is 72.8 cm³/mol. The number of hydrogen-bond acceptors (Lipinski definition) is 2. The van der Waals surface area contributed by atoms with Crippen molar-refractivity contribution in [2.75, 3.05) is 13.1 Å². The second-order valence-corrected chi connectivity index (χ2v) is 6.55. The van der Waals surface area contributed by atoms with Crippen LogP contribution in [0, 0.1) is 12.8 Å². The van der Waals surface area contributed by atoms with Gasteiger partial charge in [-0.1, -0.05) is 35.9 Å². The maximum atomic E-state index is 12.4. The molecule has 96 valence electrons. The van der Waals surface area contributed by atoms with Gasteiger partial charge >= 0.3 is 0 Å². The largest absolute Gasteiger partial charge is 0.243 e. The predicted octanol–water partition coefficient (Wildman–Crippen LogP) is 2.36. The van der Waals surface area contributed by atoms with Gasteiger partial charge < -0.3 is 0 Å². The van der Waals surface area contributed by atoms with Crippen LogP contribution >= 0.6 is 0 Å². The molecule has 0 aliphatic carbocycles. The van der Waals surface area contributed by atoms with E-state index in [2.05, 4.69) is 13.2 Å². The van der Waals surface area contributed by atoms with E-state index in [4.69, 9.17) is 0 Å². The summed E-state index contributed by atoms with van der Waals surface area (Å²) in [6.07, 6.45) is 1.76. The molecule has 2 rings (SSSR count). The van der Waals surface area contributed by atoms with Crippen LogP contribution in [0.2, 0.25) is 0 Å². The first kappa shape index (κ1) is 13.1. The SMILES string of the molecule is C=CC1CN(S(=O)(=O)c2ccc(C)cc2)CC1=C. The fraction of sp³-hybridized carbons (Fsp3) is 0.286. The van der Waals surface area contributed by atoms with Gasteiger partial charge in [0.1, 0.15) is 0 Å². The van der Waals surface area contributed by atoms with E-state index in [1.165, 1.54) is 4.31 Å². The molecule has 1 heterocycles. The molecule has 0 aromatic heterocycles. The first-order valence-electron chi connectivity index (χ1n) is 5.82. The number of rotatable bonds is 3. The maximum absolute atomic E-state index is 12.4. The summed E-state index contributed by atoms with van der Waals surface area (Å²) in [5.74, 6) is 0.0604. The van der Waals surface area contributed by atoms with Crippen LogP contribution in [0.15, 0.2) is 54.0 Å². The topological polar surface area (TPSA) is 37.4 Å². The van der Waals surface area contributed by atoms with Gasteiger partial charge in [0.2, 0.25) is 10.0 Å². The van der Waals surface area contributed by atoms with E-state index in [1.54, 1.807) is 18.2 Å². The Bertz CT molecular complexity index is 572. The zero-order valence-electron chi connectivity index (χ0n) is 10.5. The van der Waals surface area contributed by atoms with Crippen LogP contribution in [-0.4, -0.2) is 25.8 Å². The lowest BCUT2D eigenvalue weighted by molar-refractivity contribution is 0.471. The van der Waals surface area contributed by atoms with Gasteiger partial charge in [-0.3, -0.25) is 0 Å². The van der Waals surface area contributed by atoms with E-state index in [0.717, 1.165) is 11.1 Å². The minimum atomic E-state index is -3.41. The van der Waals surface area contributed by atoms with E-state index >= 15 is 0 Å². The van der Waals surface area contributed by atoms with Crippen molar-refractivity contribution in [3.05, 3.63) is 54.6 Å². The lowest BCUT2D eigenvalue weighted by Gasteiger charge is -2.15. The Labute approximate surface area is 108 Å². The minimum absolute atomic E-state index is 0.0604. The summed E-state index contributed by atoms with van der Waals surface area (Å²) in [5, 5.41) is 0. The molecule has 4 heteroatoms. The molecule has 0 saturated carbocycles. The van der Waals surface area contributed by atoms with Crippen molar-refractivity contribution in [2.24, 2.45) is 5.92 Å². The van der Waals surface area contributed by atoms with Crippen molar-refractivity contribution in [3.63, 3.8) is 0 Å². The molecule has 0 bridgehead atoms. The molecular formula is C14H17NO2S. The lowest BCUT2D eigenvalue weighted by Crippen LogP contribution is -2.28. The normalized spacial score (nSPS) is 21.2. The van der Waals surface area contributed by atoms with Crippen molar-refractivity contribution in [1.29, 1.82) is 0 Å². The standard InChI is InChI=1S/C14H17NO2S/c1-4-13-10-15(9-12(13)3)18(16,17)14-7-5-11(2)6-8-14/h4-8,13H,1,3,9-10H2,2H3. The highest BCUT2D eigenvalue weighted by molar-refractivity contribution is 7.89. The summed E-state index contributed by atoms with van der Waals surface area (Å²) in [6.45, 7) is 10.4. The molecule has 0 spiro atoms. The fourth-order valence-electron chi connectivity index (χ4n) is 2.04. The first-order chi connectivity index (χ1) is 8.45. The molecule has 0 radical (unpaired) electrons. The van der Waals surface area contributed by atoms with Gasteiger partial charge in [-0.05, 0) is 19.1 Å². The van der Waals surface area contributed by atoms with Gasteiger partial charge in [0.25, 0.3) is 0 Å². The Morgan fingerprint density at radius 2 is 1.94 bits per heavy atom. The Balaban J connectivity index is 2.30. The molecule has 1 aliphatic rings. The summed E-state index contributed by atoms with van der Waals surface area (Å²) >= 11 is 0. The Kier molecular flexibility index (Phi) is 3.41. The van der Waals surface area contributed by atoms with Gasteiger partial charge in [0.05, 0.1) is 4.90 Å². The third-order valence-corrected chi connectivity index (χ3v) is 5.07. The molecule has 1 aliphatic heterocycles. The third kappa shape index (κ3) is 2.26. The van der Waals surface area contributed by atoms with E-state index < -0.39 is 10.0 Å². The van der Waals surface area contributed by atoms with Gasteiger partial charge in [-0.15, -0.1) is 6.58 Å². The molecule has 1 saturated heterocycles. The van der Waals surface area contributed by atoms with Crippen molar-refractivity contribution >= 4 is 10.0 Å². The molecule has 18 heavy (non-hydrogen) atoms. The van der Waals surface area contributed by atoms with Crippen LogP contribution in [0.3, 0.4) is 0 Å². The molecule has 0 N–H and O–H groups in total. The molecule has 0 amide bonds. The third-order valence-electron chi connectivity index (χ3n) is 3.25. The zero-order chi connectivity index (χ0) is 13.3. The van der Waals surface area contributed by atoms with Crippen LogP contribution < -0.4 is 0 Å².